The van der Waals surface area contributed by atoms with Crippen LogP contribution in [0.4, 0.5) is 0 Å². The van der Waals surface area contributed by atoms with Crippen molar-refractivity contribution >= 4 is 21.4 Å². The van der Waals surface area contributed by atoms with Gasteiger partial charge in [0.15, 0.2) is 8.32 Å². The highest BCUT2D eigenvalue weighted by Crippen LogP contribution is 2.37. The normalized spacial score (nSPS) is 18.7. The van der Waals surface area contributed by atoms with Crippen molar-refractivity contribution in [1.29, 1.82) is 0 Å². The summed E-state index contributed by atoms with van der Waals surface area (Å²) < 4.78 is 36.2. The van der Waals surface area contributed by atoms with Crippen molar-refractivity contribution in [1.82, 2.24) is 5.23 Å². The molecule has 0 unspecified atom stereocenters. The lowest BCUT2D eigenvalue weighted by Crippen LogP contribution is -2.47. The van der Waals surface area contributed by atoms with Crippen molar-refractivity contribution in [2.24, 2.45) is 5.92 Å². The summed E-state index contributed by atoms with van der Waals surface area (Å²) in [6, 6.07) is 17.8. The molecule has 0 radical (unpaired) electrons. The van der Waals surface area contributed by atoms with E-state index in [4.69, 9.17) is 28.1 Å². The molecule has 1 aliphatic heterocycles. The van der Waals surface area contributed by atoms with E-state index in [-0.39, 0.29) is 42.3 Å². The summed E-state index contributed by atoms with van der Waals surface area (Å²) >= 11 is 0. The SMILES string of the molecule is C=C(C[C@H](C)C[C@@H]1CC=C[C@@H](CCO[Si](C)(C)C(C)(C)C)O1)C[C@@H](/C=C/C[C@H](NB(C)O)[C@H](/C=C/c1ccccc1)OCc1ccc(OC)cc1)OCOC. The van der Waals surface area contributed by atoms with Crippen molar-refractivity contribution < 1.29 is 33.1 Å². The minimum Gasteiger partial charge on any atom is -0.497 e. The second-order valence-electron chi connectivity index (χ2n) is 16.5. The molecule has 0 saturated heterocycles. The van der Waals surface area contributed by atoms with E-state index in [2.05, 4.69) is 101 Å². The average Bonchev–Trinajstić information content (AvgIpc) is 3.13. The highest BCUT2D eigenvalue weighted by molar-refractivity contribution is 6.74. The molecule has 0 aromatic heterocycles. The Hall–Kier alpha value is -2.80. The van der Waals surface area contributed by atoms with Crippen molar-refractivity contribution in [2.45, 2.75) is 128 Å². The molecule has 304 valence electrons. The Kier molecular flexibility index (Phi) is 20.4. The van der Waals surface area contributed by atoms with Crippen LogP contribution in [0.25, 0.3) is 6.08 Å². The number of ether oxygens (including phenoxy) is 5. The van der Waals surface area contributed by atoms with E-state index >= 15 is 0 Å². The zero-order valence-electron chi connectivity index (χ0n) is 35.2. The lowest BCUT2D eigenvalue weighted by Gasteiger charge is -2.36. The maximum absolute atomic E-state index is 10.5. The topological polar surface area (TPSA) is 87.6 Å². The first kappa shape index (κ1) is 46.6. The number of rotatable bonds is 25. The Labute approximate surface area is 334 Å². The van der Waals surface area contributed by atoms with Gasteiger partial charge in [-0.2, -0.15) is 0 Å². The predicted molar refractivity (Wildman–Crippen MR) is 231 cm³/mol. The third-order valence-electron chi connectivity index (χ3n) is 10.5. The van der Waals surface area contributed by atoms with Gasteiger partial charge in [0, 0.05) is 19.8 Å². The van der Waals surface area contributed by atoms with Crippen LogP contribution in [0.2, 0.25) is 25.0 Å². The van der Waals surface area contributed by atoms with Gasteiger partial charge in [-0.25, -0.2) is 0 Å². The molecule has 2 N–H and O–H groups in total. The molecule has 0 aliphatic carbocycles. The third-order valence-corrected chi connectivity index (χ3v) is 15.0. The summed E-state index contributed by atoms with van der Waals surface area (Å²) in [4.78, 5) is 0. The largest absolute Gasteiger partial charge is 0.497 e. The fraction of sp³-hybridized carbons (Fsp3) is 0.556. The van der Waals surface area contributed by atoms with E-state index in [0.29, 0.717) is 25.4 Å². The molecule has 8 nitrogen and oxygen atoms in total. The van der Waals surface area contributed by atoms with E-state index in [9.17, 15) is 5.02 Å². The molecule has 0 fully saturated rings. The fourth-order valence-corrected chi connectivity index (χ4v) is 7.46. The van der Waals surface area contributed by atoms with Crippen LogP contribution < -0.4 is 9.96 Å². The highest BCUT2D eigenvalue weighted by Gasteiger charge is 2.37. The van der Waals surface area contributed by atoms with Crippen molar-refractivity contribution in [3.8, 4) is 5.75 Å². The van der Waals surface area contributed by atoms with Crippen molar-refractivity contribution in [3.63, 3.8) is 0 Å². The van der Waals surface area contributed by atoms with Gasteiger partial charge in [-0.05, 0) is 92.7 Å². The zero-order valence-corrected chi connectivity index (χ0v) is 36.2. The van der Waals surface area contributed by atoms with Crippen LogP contribution in [0.3, 0.4) is 0 Å². The molecule has 55 heavy (non-hydrogen) atoms. The molecule has 2 aromatic rings. The molecule has 2 aromatic carbocycles. The standard InChI is InChI=1S/C45H70BNO7Si/c1-35(30-36(2)32-42-20-14-18-40(54-42)28-29-53-55(9,10)45(3,4)5)31-41(52-34-49-7)19-15-21-43(47-46(6)48)44(27-24-37-16-12-11-13-17-37)51-33-38-22-25-39(50-8)26-23-38/h11-19,22-27,36,40-44,47-48H,1,20-21,28-34H2,2-10H3/b19-15+,27-24+/t36-,40-,41+,42-,43-,44-/m0/s1. The molecule has 0 bridgehead atoms. The van der Waals surface area contributed by atoms with Crippen LogP contribution in [-0.2, 0) is 30.0 Å². The quantitative estimate of drug-likeness (QED) is 0.0586. The van der Waals surface area contributed by atoms with E-state index in [1.54, 1.807) is 21.0 Å². The van der Waals surface area contributed by atoms with E-state index < -0.39 is 15.4 Å². The molecule has 0 amide bonds. The van der Waals surface area contributed by atoms with E-state index in [1.165, 1.54) is 0 Å². The van der Waals surface area contributed by atoms with Crippen LogP contribution in [0.5, 0.6) is 5.75 Å². The minimum atomic E-state index is -1.77. The fourth-order valence-electron chi connectivity index (χ4n) is 6.40. The molecule has 0 spiro atoms. The molecular formula is C45H70BNO7Si. The summed E-state index contributed by atoms with van der Waals surface area (Å²) in [5.41, 5.74) is 3.24. The second kappa shape index (κ2) is 24.1. The Bertz CT molecular complexity index is 1460. The first-order chi connectivity index (χ1) is 26.2. The van der Waals surface area contributed by atoms with Crippen LogP contribution in [-0.4, -0.2) is 78.5 Å². The Morgan fingerprint density at radius 1 is 1.05 bits per heavy atom. The first-order valence-electron chi connectivity index (χ1n) is 20.0. The number of nitrogens with one attached hydrogen (secondary N) is 1. The minimum absolute atomic E-state index is 0.101. The maximum Gasteiger partial charge on any atom is 0.373 e. The van der Waals surface area contributed by atoms with Gasteiger partial charge in [0.1, 0.15) is 12.5 Å². The molecular weight excluding hydrogens is 705 g/mol. The van der Waals surface area contributed by atoms with Gasteiger partial charge in [-0.3, -0.25) is 0 Å². The summed E-state index contributed by atoms with van der Waals surface area (Å²) in [5.74, 6) is 1.22. The van der Waals surface area contributed by atoms with E-state index in [0.717, 1.165) is 54.7 Å². The average molecular weight is 776 g/mol. The summed E-state index contributed by atoms with van der Waals surface area (Å²) in [6.45, 7) is 21.2. The Morgan fingerprint density at radius 3 is 2.44 bits per heavy atom. The van der Waals surface area contributed by atoms with Crippen LogP contribution in [0, 0.1) is 5.92 Å². The summed E-state index contributed by atoms with van der Waals surface area (Å²) in [6.07, 6.45) is 17.5. The Balaban J connectivity index is 1.60. The van der Waals surface area contributed by atoms with Crippen molar-refractivity contribution in [3.05, 3.63) is 108 Å². The number of hydrogen-bond acceptors (Lipinski definition) is 8. The lowest BCUT2D eigenvalue weighted by atomic mass is 9.85. The first-order valence-corrected chi connectivity index (χ1v) is 22.9. The molecule has 6 atom stereocenters. The maximum atomic E-state index is 10.5. The van der Waals surface area contributed by atoms with Gasteiger partial charge in [0.2, 0.25) is 0 Å². The van der Waals surface area contributed by atoms with Gasteiger partial charge < -0.3 is 38.4 Å². The molecule has 1 aliphatic rings. The second-order valence-corrected chi connectivity index (χ2v) is 21.3. The van der Waals surface area contributed by atoms with E-state index in [1.807, 2.05) is 42.5 Å². The molecule has 1 heterocycles. The summed E-state index contributed by atoms with van der Waals surface area (Å²) in [7, 11) is 0.793. The van der Waals surface area contributed by atoms with Gasteiger partial charge in [0.25, 0.3) is 0 Å². The summed E-state index contributed by atoms with van der Waals surface area (Å²) in [5, 5.41) is 14.0. The number of hydrogen-bond donors (Lipinski definition) is 2. The highest BCUT2D eigenvalue weighted by atomic mass is 28.4. The zero-order chi connectivity index (χ0) is 40.3. The van der Waals surface area contributed by atoms with Gasteiger partial charge in [0.05, 0.1) is 38.1 Å². The predicted octanol–water partition coefficient (Wildman–Crippen LogP) is 9.79. The van der Waals surface area contributed by atoms with Gasteiger partial charge >= 0.3 is 7.05 Å². The van der Waals surface area contributed by atoms with Crippen LogP contribution in [0.15, 0.2) is 97.1 Å². The number of benzene rings is 2. The van der Waals surface area contributed by atoms with Crippen LogP contribution >= 0.6 is 0 Å². The monoisotopic (exact) mass is 776 g/mol. The van der Waals surface area contributed by atoms with Gasteiger partial charge in [-0.15, -0.1) is 0 Å². The molecule has 0 saturated carbocycles. The van der Waals surface area contributed by atoms with Crippen LogP contribution in [0.1, 0.15) is 77.3 Å². The van der Waals surface area contributed by atoms with Crippen molar-refractivity contribution in [2.75, 3.05) is 27.6 Å². The third kappa shape index (κ3) is 17.9. The smallest absolute Gasteiger partial charge is 0.373 e. The molecule has 10 heteroatoms. The van der Waals surface area contributed by atoms with Gasteiger partial charge in [-0.1, -0.05) is 119 Å². The number of methoxy groups -OCH3 is 2. The Morgan fingerprint density at radius 2 is 1.78 bits per heavy atom. The lowest BCUT2D eigenvalue weighted by molar-refractivity contribution is -0.0553. The molecule has 3 rings (SSSR count).